The van der Waals surface area contributed by atoms with Crippen LogP contribution in [0.4, 0.5) is 4.39 Å². The molecule has 0 bridgehead atoms. The third kappa shape index (κ3) is 1.76. The number of halogens is 1. The first kappa shape index (κ1) is 8.17. The van der Waals surface area contributed by atoms with Gasteiger partial charge in [0.25, 0.3) is 0 Å². The van der Waals surface area contributed by atoms with Gasteiger partial charge in [-0.05, 0) is 0 Å². The summed E-state index contributed by atoms with van der Waals surface area (Å²) in [6, 6.07) is 6.65. The van der Waals surface area contributed by atoms with Crippen LogP contribution in [-0.2, 0) is 0 Å². The lowest BCUT2D eigenvalue weighted by Gasteiger charge is -2.06. The highest BCUT2D eigenvalue weighted by atomic mass is 19.1. The maximum Gasteiger partial charge on any atom is 0.137 e. The van der Waals surface area contributed by atoms with Gasteiger partial charge in [0.2, 0.25) is 0 Å². The average molecular weight is 155 g/mol. The second-order valence-electron chi connectivity index (χ2n) is 2.14. The van der Waals surface area contributed by atoms with Crippen molar-refractivity contribution >= 4 is 0 Å². The Morgan fingerprint density at radius 2 is 2.36 bits per heavy atom. The summed E-state index contributed by atoms with van der Waals surface area (Å²) in [5, 5.41) is 17.5. The number of hydrogen-bond donors (Lipinski definition) is 2. The van der Waals surface area contributed by atoms with E-state index in [9.17, 15) is 4.39 Å². The van der Waals surface area contributed by atoms with Gasteiger partial charge in [0.1, 0.15) is 11.9 Å². The van der Waals surface area contributed by atoms with E-state index in [1.165, 1.54) is 12.1 Å². The minimum absolute atomic E-state index is 0.0787. The van der Waals surface area contributed by atoms with Crippen molar-refractivity contribution in [3.63, 3.8) is 0 Å². The summed E-state index contributed by atoms with van der Waals surface area (Å²) >= 11 is 0. The zero-order valence-electron chi connectivity index (χ0n) is 5.79. The Morgan fingerprint density at radius 1 is 1.64 bits per heavy atom. The molecule has 11 heavy (non-hydrogen) atoms. The van der Waals surface area contributed by atoms with Crippen molar-refractivity contribution in [3.8, 4) is 0 Å². The van der Waals surface area contributed by atoms with E-state index >= 15 is 0 Å². The maximum atomic E-state index is 12.7. The van der Waals surface area contributed by atoms with Gasteiger partial charge in [0.05, 0.1) is 6.61 Å². The molecule has 0 heterocycles. The molecule has 0 aliphatic heterocycles. The molecule has 1 unspecified atom stereocenters. The molecule has 0 saturated carbocycles. The maximum absolute atomic E-state index is 12.7. The molecule has 3 heteroatoms. The molecule has 1 rings (SSSR count). The van der Waals surface area contributed by atoms with E-state index in [1.807, 2.05) is 0 Å². The minimum Gasteiger partial charge on any atom is -0.393 e. The first-order valence-electron chi connectivity index (χ1n) is 3.20. The zero-order valence-corrected chi connectivity index (χ0v) is 5.79. The lowest BCUT2D eigenvalue weighted by molar-refractivity contribution is 0.0926. The second kappa shape index (κ2) is 3.46. The molecule has 0 aliphatic rings. The topological polar surface area (TPSA) is 40.5 Å². The molecule has 0 fully saturated rings. The number of benzene rings is 1. The predicted molar refractivity (Wildman–Crippen MR) is 37.3 cm³/mol. The van der Waals surface area contributed by atoms with Gasteiger partial charge in [0, 0.05) is 11.6 Å². The molecule has 1 aromatic rings. The molecule has 1 radical (unpaired) electrons. The molecule has 59 valence electrons. The van der Waals surface area contributed by atoms with E-state index in [0.717, 1.165) is 0 Å². The van der Waals surface area contributed by atoms with Crippen molar-refractivity contribution in [2.45, 2.75) is 6.10 Å². The molecule has 0 spiro atoms. The van der Waals surface area contributed by atoms with Crippen molar-refractivity contribution in [2.24, 2.45) is 0 Å². The first-order valence-corrected chi connectivity index (χ1v) is 3.20. The molecular weight excluding hydrogens is 147 g/mol. The highest BCUT2D eigenvalue weighted by Crippen LogP contribution is 2.14. The van der Waals surface area contributed by atoms with Gasteiger partial charge in [0.15, 0.2) is 0 Å². The van der Waals surface area contributed by atoms with Crippen LogP contribution in [-0.4, -0.2) is 16.8 Å². The van der Waals surface area contributed by atoms with Crippen LogP contribution in [0.25, 0.3) is 0 Å². The third-order valence-corrected chi connectivity index (χ3v) is 1.37. The van der Waals surface area contributed by atoms with Crippen LogP contribution in [0.3, 0.4) is 0 Å². The number of aliphatic hydroxyl groups is 2. The fourth-order valence-corrected chi connectivity index (χ4v) is 0.785. The molecule has 0 aliphatic carbocycles. The van der Waals surface area contributed by atoms with E-state index in [-0.39, 0.29) is 5.56 Å². The largest absolute Gasteiger partial charge is 0.393 e. The van der Waals surface area contributed by atoms with Crippen LogP contribution in [0, 0.1) is 11.9 Å². The number of hydrogen-bond acceptors (Lipinski definition) is 2. The van der Waals surface area contributed by atoms with Gasteiger partial charge in [-0.2, -0.15) is 0 Å². The lowest BCUT2D eigenvalue weighted by atomic mass is 10.1. The van der Waals surface area contributed by atoms with E-state index in [4.69, 9.17) is 10.2 Å². The average Bonchev–Trinajstić information content (AvgIpc) is 2.04. The monoisotopic (exact) mass is 155 g/mol. The first-order chi connectivity index (χ1) is 5.25. The molecule has 0 aromatic heterocycles. The van der Waals surface area contributed by atoms with Crippen LogP contribution in [0.5, 0.6) is 0 Å². The molecule has 2 N–H and O–H groups in total. The Hall–Kier alpha value is -0.930. The van der Waals surface area contributed by atoms with Crippen molar-refractivity contribution in [2.75, 3.05) is 6.61 Å². The Kier molecular flexibility index (Phi) is 2.57. The summed E-state index contributed by atoms with van der Waals surface area (Å²) in [6.45, 7) is -0.477. The summed E-state index contributed by atoms with van der Waals surface area (Å²) in [7, 11) is 0. The normalized spacial score (nSPS) is 13.0. The lowest BCUT2D eigenvalue weighted by Crippen LogP contribution is -2.04. The van der Waals surface area contributed by atoms with Crippen LogP contribution in [0.15, 0.2) is 18.2 Å². The van der Waals surface area contributed by atoms with Gasteiger partial charge in [-0.1, -0.05) is 18.2 Å². The van der Waals surface area contributed by atoms with Crippen molar-refractivity contribution in [1.82, 2.24) is 0 Å². The highest BCUT2D eigenvalue weighted by Gasteiger charge is 2.09. The van der Waals surface area contributed by atoms with Crippen LogP contribution in [0.2, 0.25) is 0 Å². The van der Waals surface area contributed by atoms with Gasteiger partial charge < -0.3 is 10.2 Å². The Bertz CT molecular complexity index is 237. The molecule has 2 nitrogen and oxygen atoms in total. The van der Waals surface area contributed by atoms with Gasteiger partial charge in [-0.3, -0.25) is 0 Å². The number of aliphatic hydroxyl groups excluding tert-OH is 2. The molecular formula is C8H8FO2. The van der Waals surface area contributed by atoms with E-state index in [1.54, 1.807) is 6.07 Å². The Labute approximate surface area is 63.9 Å². The Morgan fingerprint density at radius 3 is 2.91 bits per heavy atom. The van der Waals surface area contributed by atoms with E-state index in [2.05, 4.69) is 6.07 Å². The van der Waals surface area contributed by atoms with Crippen molar-refractivity contribution in [1.29, 1.82) is 0 Å². The quantitative estimate of drug-likeness (QED) is 0.658. The van der Waals surface area contributed by atoms with Crippen molar-refractivity contribution in [3.05, 3.63) is 35.6 Å². The summed E-state index contributed by atoms with van der Waals surface area (Å²) < 4.78 is 12.7. The third-order valence-electron chi connectivity index (χ3n) is 1.37. The molecule has 0 saturated heterocycles. The van der Waals surface area contributed by atoms with Crippen LogP contribution >= 0.6 is 0 Å². The zero-order chi connectivity index (χ0) is 8.27. The summed E-state index contributed by atoms with van der Waals surface area (Å²) in [5.74, 6) is -0.617. The summed E-state index contributed by atoms with van der Waals surface area (Å²) in [5.41, 5.74) is 0.0787. The fraction of sp³-hybridized carbons (Fsp3) is 0.250. The second-order valence-corrected chi connectivity index (χ2v) is 2.14. The number of rotatable bonds is 2. The molecule has 0 amide bonds. The summed E-state index contributed by atoms with van der Waals surface area (Å²) in [4.78, 5) is 0. The molecule has 1 aromatic carbocycles. The predicted octanol–water partition coefficient (Wildman–Crippen LogP) is 0.652. The highest BCUT2D eigenvalue weighted by molar-refractivity contribution is 5.18. The van der Waals surface area contributed by atoms with Crippen LogP contribution < -0.4 is 0 Å². The SMILES string of the molecule is OCC(O)c1ccc[c]c1F. The van der Waals surface area contributed by atoms with Gasteiger partial charge in [-0.15, -0.1) is 0 Å². The summed E-state index contributed by atoms with van der Waals surface area (Å²) in [6.07, 6.45) is -1.15. The fourth-order valence-electron chi connectivity index (χ4n) is 0.785. The smallest absolute Gasteiger partial charge is 0.137 e. The van der Waals surface area contributed by atoms with Crippen molar-refractivity contribution < 1.29 is 14.6 Å². The van der Waals surface area contributed by atoms with Gasteiger partial charge >= 0.3 is 0 Å². The van der Waals surface area contributed by atoms with Crippen LogP contribution in [0.1, 0.15) is 11.7 Å². The minimum atomic E-state index is -1.15. The van der Waals surface area contributed by atoms with E-state index < -0.39 is 18.5 Å². The van der Waals surface area contributed by atoms with E-state index in [0.29, 0.717) is 0 Å². The molecule has 1 atom stereocenters. The Balaban J connectivity index is 2.93. The van der Waals surface area contributed by atoms with Gasteiger partial charge in [-0.25, -0.2) is 4.39 Å². The standard InChI is InChI=1S/C8H8FO2/c9-7-4-2-1-3-6(7)8(11)5-10/h1-3,8,10-11H,5H2.